The van der Waals surface area contributed by atoms with Gasteiger partial charge in [0.15, 0.2) is 0 Å². The fraction of sp³-hybridized carbons (Fsp3) is 0.118. The molecule has 0 bridgehead atoms. The number of carbonyl (C=O) groups excluding carboxylic acids is 1. The Morgan fingerprint density at radius 2 is 1.78 bits per heavy atom. The summed E-state index contributed by atoms with van der Waals surface area (Å²) in [7, 11) is 3.18. The van der Waals surface area contributed by atoms with Gasteiger partial charge in [0, 0.05) is 18.1 Å². The van der Waals surface area contributed by atoms with Crippen molar-refractivity contribution in [3.8, 4) is 0 Å². The molecule has 3 aromatic rings. The summed E-state index contributed by atoms with van der Waals surface area (Å²) in [6.45, 7) is 0. The molecular weight excluding hydrogens is 292 g/mol. The van der Waals surface area contributed by atoms with Crippen molar-refractivity contribution in [3.05, 3.63) is 54.1 Å². The van der Waals surface area contributed by atoms with Crippen molar-refractivity contribution in [3.63, 3.8) is 0 Å². The van der Waals surface area contributed by atoms with E-state index >= 15 is 0 Å². The van der Waals surface area contributed by atoms with Crippen LogP contribution in [0.4, 0.5) is 17.5 Å². The first kappa shape index (κ1) is 14.8. The summed E-state index contributed by atoms with van der Waals surface area (Å²) in [5.41, 5.74) is 2.13. The monoisotopic (exact) mass is 308 g/mol. The van der Waals surface area contributed by atoms with E-state index < -0.39 is 0 Å². The van der Waals surface area contributed by atoms with E-state index in [1.54, 1.807) is 24.3 Å². The minimum atomic E-state index is -0.365. The van der Waals surface area contributed by atoms with E-state index in [4.69, 9.17) is 0 Å². The lowest BCUT2D eigenvalue weighted by atomic mass is 10.2. The first-order valence-electron chi connectivity index (χ1n) is 7.11. The van der Waals surface area contributed by atoms with E-state index in [-0.39, 0.29) is 5.97 Å². The highest BCUT2D eigenvalue weighted by Crippen LogP contribution is 2.23. The van der Waals surface area contributed by atoms with Crippen LogP contribution in [0.25, 0.3) is 10.9 Å². The van der Waals surface area contributed by atoms with Gasteiger partial charge in [0.1, 0.15) is 5.82 Å². The maximum atomic E-state index is 11.4. The molecule has 116 valence electrons. The van der Waals surface area contributed by atoms with Crippen LogP contribution in [-0.4, -0.2) is 30.1 Å². The van der Waals surface area contributed by atoms with Gasteiger partial charge in [-0.25, -0.2) is 9.78 Å². The largest absolute Gasteiger partial charge is 0.465 e. The van der Waals surface area contributed by atoms with Crippen molar-refractivity contribution in [1.82, 2.24) is 9.97 Å². The van der Waals surface area contributed by atoms with Crippen molar-refractivity contribution in [2.75, 3.05) is 24.8 Å². The number of hydrogen-bond donors (Lipinski definition) is 2. The number of rotatable bonds is 4. The van der Waals surface area contributed by atoms with Crippen LogP contribution < -0.4 is 10.6 Å². The lowest BCUT2D eigenvalue weighted by Crippen LogP contribution is -2.03. The summed E-state index contributed by atoms with van der Waals surface area (Å²) in [6, 6.07) is 14.7. The zero-order valence-corrected chi connectivity index (χ0v) is 12.8. The molecule has 3 rings (SSSR count). The molecule has 2 aromatic carbocycles. The number of carbonyl (C=O) groups is 1. The zero-order chi connectivity index (χ0) is 16.2. The number of nitrogens with one attached hydrogen (secondary N) is 2. The van der Waals surface area contributed by atoms with Crippen molar-refractivity contribution in [2.45, 2.75) is 0 Å². The number of para-hydroxylation sites is 1. The molecule has 0 aliphatic rings. The van der Waals surface area contributed by atoms with Gasteiger partial charge in [-0.1, -0.05) is 12.1 Å². The molecule has 1 heterocycles. The summed E-state index contributed by atoms with van der Waals surface area (Å²) < 4.78 is 4.68. The number of esters is 1. The van der Waals surface area contributed by atoms with Crippen LogP contribution in [0.1, 0.15) is 10.4 Å². The molecule has 0 saturated carbocycles. The topological polar surface area (TPSA) is 76.1 Å². The lowest BCUT2D eigenvalue weighted by Gasteiger charge is -2.10. The van der Waals surface area contributed by atoms with E-state index in [0.717, 1.165) is 22.4 Å². The average Bonchev–Trinajstić information content (AvgIpc) is 2.61. The molecular formula is C17H16N4O2. The van der Waals surface area contributed by atoms with Crippen molar-refractivity contribution >= 4 is 34.3 Å². The fourth-order valence-corrected chi connectivity index (χ4v) is 2.26. The highest BCUT2D eigenvalue weighted by atomic mass is 16.5. The maximum absolute atomic E-state index is 11.4. The summed E-state index contributed by atoms with van der Waals surface area (Å²) in [4.78, 5) is 20.4. The van der Waals surface area contributed by atoms with Crippen molar-refractivity contribution in [1.29, 1.82) is 0 Å². The summed E-state index contributed by atoms with van der Waals surface area (Å²) in [5, 5.41) is 7.18. The molecule has 6 nitrogen and oxygen atoms in total. The lowest BCUT2D eigenvalue weighted by molar-refractivity contribution is 0.0601. The molecule has 23 heavy (non-hydrogen) atoms. The minimum Gasteiger partial charge on any atom is -0.465 e. The fourth-order valence-electron chi connectivity index (χ4n) is 2.26. The summed E-state index contributed by atoms with van der Waals surface area (Å²) >= 11 is 0. The first-order chi connectivity index (χ1) is 11.2. The normalized spacial score (nSPS) is 10.3. The van der Waals surface area contributed by atoms with Crippen LogP contribution in [0.3, 0.4) is 0 Å². The quantitative estimate of drug-likeness (QED) is 0.721. The third kappa shape index (κ3) is 3.06. The van der Waals surface area contributed by atoms with Crippen LogP contribution in [0.2, 0.25) is 0 Å². The number of hydrogen-bond acceptors (Lipinski definition) is 6. The first-order valence-corrected chi connectivity index (χ1v) is 7.11. The van der Waals surface area contributed by atoms with Gasteiger partial charge in [-0.05, 0) is 36.4 Å². The molecule has 0 fully saturated rings. The van der Waals surface area contributed by atoms with Crippen LogP contribution >= 0.6 is 0 Å². The van der Waals surface area contributed by atoms with Gasteiger partial charge < -0.3 is 15.4 Å². The van der Waals surface area contributed by atoms with Gasteiger partial charge in [0.2, 0.25) is 5.95 Å². The van der Waals surface area contributed by atoms with Gasteiger partial charge in [-0.15, -0.1) is 0 Å². The molecule has 0 amide bonds. The Kier molecular flexibility index (Phi) is 4.05. The SMILES string of the molecule is CNc1nc(Nc2ccc(C(=O)OC)cc2)nc2ccccc12. The number of aromatic nitrogens is 2. The number of fused-ring (bicyclic) bond motifs is 1. The van der Waals surface area contributed by atoms with E-state index in [1.165, 1.54) is 7.11 Å². The van der Waals surface area contributed by atoms with Crippen LogP contribution in [0.5, 0.6) is 0 Å². The number of ether oxygens (including phenoxy) is 1. The Hall–Kier alpha value is -3.15. The van der Waals surface area contributed by atoms with E-state index in [0.29, 0.717) is 11.5 Å². The number of methoxy groups -OCH3 is 1. The molecule has 0 spiro atoms. The van der Waals surface area contributed by atoms with Gasteiger partial charge in [0.05, 0.1) is 18.2 Å². The van der Waals surface area contributed by atoms with Crippen LogP contribution in [0, 0.1) is 0 Å². The van der Waals surface area contributed by atoms with Gasteiger partial charge in [-0.2, -0.15) is 4.98 Å². The van der Waals surface area contributed by atoms with Gasteiger partial charge in [0.25, 0.3) is 0 Å². The van der Waals surface area contributed by atoms with Crippen molar-refractivity contribution < 1.29 is 9.53 Å². The van der Waals surface area contributed by atoms with E-state index in [1.807, 2.05) is 31.3 Å². The van der Waals surface area contributed by atoms with Gasteiger partial charge >= 0.3 is 5.97 Å². The molecule has 0 saturated heterocycles. The smallest absolute Gasteiger partial charge is 0.337 e. The second-order valence-corrected chi connectivity index (χ2v) is 4.86. The second kappa shape index (κ2) is 6.31. The molecule has 0 aliphatic heterocycles. The highest BCUT2D eigenvalue weighted by Gasteiger charge is 2.08. The Morgan fingerprint density at radius 1 is 1.04 bits per heavy atom. The number of anilines is 3. The molecule has 0 aliphatic carbocycles. The number of benzene rings is 2. The predicted octanol–water partition coefficient (Wildman–Crippen LogP) is 3.20. The standard InChI is InChI=1S/C17H16N4O2/c1-18-15-13-5-3-4-6-14(13)20-17(21-15)19-12-9-7-11(8-10-12)16(22)23-2/h3-10H,1-2H3,(H2,18,19,20,21). The Labute approximate surface area is 133 Å². The third-order valence-corrected chi connectivity index (χ3v) is 3.40. The number of nitrogens with zero attached hydrogens (tertiary/aromatic N) is 2. The summed E-state index contributed by atoms with van der Waals surface area (Å²) in [5.74, 6) is 0.874. The van der Waals surface area contributed by atoms with E-state index in [2.05, 4.69) is 25.3 Å². The highest BCUT2D eigenvalue weighted by molar-refractivity contribution is 5.91. The zero-order valence-electron chi connectivity index (χ0n) is 12.8. The molecule has 1 aromatic heterocycles. The van der Waals surface area contributed by atoms with Crippen LogP contribution in [-0.2, 0) is 4.74 Å². The third-order valence-electron chi connectivity index (χ3n) is 3.40. The average molecular weight is 308 g/mol. The maximum Gasteiger partial charge on any atom is 0.337 e. The van der Waals surface area contributed by atoms with Crippen LogP contribution in [0.15, 0.2) is 48.5 Å². The Bertz CT molecular complexity index is 847. The van der Waals surface area contributed by atoms with Gasteiger partial charge in [-0.3, -0.25) is 0 Å². The minimum absolute atomic E-state index is 0.365. The Balaban J connectivity index is 1.90. The second-order valence-electron chi connectivity index (χ2n) is 4.86. The molecule has 0 unspecified atom stereocenters. The van der Waals surface area contributed by atoms with Crippen molar-refractivity contribution in [2.24, 2.45) is 0 Å². The molecule has 6 heteroatoms. The Morgan fingerprint density at radius 3 is 2.48 bits per heavy atom. The summed E-state index contributed by atoms with van der Waals surface area (Å²) in [6.07, 6.45) is 0. The molecule has 2 N–H and O–H groups in total. The predicted molar refractivity (Wildman–Crippen MR) is 90.1 cm³/mol. The molecule has 0 radical (unpaired) electrons. The molecule has 0 atom stereocenters. The van der Waals surface area contributed by atoms with E-state index in [9.17, 15) is 4.79 Å².